The van der Waals surface area contributed by atoms with E-state index in [1.54, 1.807) is 6.08 Å². The normalized spacial score (nSPS) is 12.6. The topological polar surface area (TPSA) is 26.0 Å². The van der Waals surface area contributed by atoms with Crippen molar-refractivity contribution >= 4 is 31.9 Å². The highest BCUT2D eigenvalue weighted by molar-refractivity contribution is 9.13. The summed E-state index contributed by atoms with van der Waals surface area (Å²) in [5.41, 5.74) is 6.81. The third-order valence-electron chi connectivity index (χ3n) is 1.58. The zero-order chi connectivity index (χ0) is 9.14. The van der Waals surface area contributed by atoms with Crippen LogP contribution in [-0.2, 0) is 0 Å². The molecule has 3 heteroatoms. The average Bonchev–Trinajstić information content (AvgIpc) is 2.08. The maximum atomic E-state index is 5.76. The van der Waals surface area contributed by atoms with Crippen molar-refractivity contribution in [1.82, 2.24) is 0 Å². The van der Waals surface area contributed by atoms with Crippen LogP contribution in [0.4, 0.5) is 0 Å². The van der Waals surface area contributed by atoms with E-state index in [0.29, 0.717) is 0 Å². The standard InChI is InChI=1S/C9H9Br2N/c1-2-9(12)6-3-4-7(10)8(11)5-6/h2-5,9H,1,12H2/t9-/m0/s1. The van der Waals surface area contributed by atoms with Gasteiger partial charge in [-0.25, -0.2) is 0 Å². The Morgan fingerprint density at radius 1 is 1.33 bits per heavy atom. The summed E-state index contributed by atoms with van der Waals surface area (Å²) in [6, 6.07) is 5.83. The van der Waals surface area contributed by atoms with Crippen molar-refractivity contribution in [1.29, 1.82) is 0 Å². The van der Waals surface area contributed by atoms with Crippen LogP contribution in [0.2, 0.25) is 0 Å². The molecule has 0 bridgehead atoms. The summed E-state index contributed by atoms with van der Waals surface area (Å²) >= 11 is 6.79. The molecule has 0 aliphatic carbocycles. The highest BCUT2D eigenvalue weighted by atomic mass is 79.9. The zero-order valence-corrected chi connectivity index (χ0v) is 9.60. The lowest BCUT2D eigenvalue weighted by molar-refractivity contribution is 0.913. The Kier molecular flexibility index (Phi) is 3.50. The van der Waals surface area contributed by atoms with E-state index in [-0.39, 0.29) is 6.04 Å². The average molecular weight is 291 g/mol. The van der Waals surface area contributed by atoms with Crippen molar-refractivity contribution in [2.75, 3.05) is 0 Å². The van der Waals surface area contributed by atoms with Crippen LogP contribution in [0.15, 0.2) is 39.8 Å². The molecule has 64 valence electrons. The van der Waals surface area contributed by atoms with Crippen LogP contribution in [0, 0.1) is 0 Å². The maximum absolute atomic E-state index is 5.76. The molecule has 0 fully saturated rings. The summed E-state index contributed by atoms with van der Waals surface area (Å²) < 4.78 is 2.04. The first kappa shape index (κ1) is 9.96. The summed E-state index contributed by atoms with van der Waals surface area (Å²) in [6.07, 6.45) is 1.72. The third-order valence-corrected chi connectivity index (χ3v) is 3.46. The summed E-state index contributed by atoms with van der Waals surface area (Å²) in [5, 5.41) is 0. The Labute approximate surface area is 88.9 Å². The fourth-order valence-electron chi connectivity index (χ4n) is 0.856. The molecule has 0 saturated heterocycles. The largest absolute Gasteiger partial charge is 0.321 e. The first-order valence-electron chi connectivity index (χ1n) is 3.48. The predicted molar refractivity (Wildman–Crippen MR) is 59.0 cm³/mol. The van der Waals surface area contributed by atoms with Gasteiger partial charge in [0.15, 0.2) is 0 Å². The maximum Gasteiger partial charge on any atom is 0.0478 e. The predicted octanol–water partition coefficient (Wildman–Crippen LogP) is 3.40. The Balaban J connectivity index is 3.04. The van der Waals surface area contributed by atoms with Crippen LogP contribution in [0.3, 0.4) is 0 Å². The van der Waals surface area contributed by atoms with Crippen LogP contribution in [0.1, 0.15) is 11.6 Å². The van der Waals surface area contributed by atoms with Gasteiger partial charge in [-0.05, 0) is 49.6 Å². The monoisotopic (exact) mass is 289 g/mol. The molecule has 12 heavy (non-hydrogen) atoms. The van der Waals surface area contributed by atoms with Gasteiger partial charge in [-0.3, -0.25) is 0 Å². The van der Waals surface area contributed by atoms with Gasteiger partial charge in [-0.15, -0.1) is 6.58 Å². The fraction of sp³-hybridized carbons (Fsp3) is 0.111. The molecule has 1 rings (SSSR count). The Morgan fingerprint density at radius 3 is 2.50 bits per heavy atom. The van der Waals surface area contributed by atoms with Crippen LogP contribution >= 0.6 is 31.9 Å². The quantitative estimate of drug-likeness (QED) is 0.830. The summed E-state index contributed by atoms with van der Waals surface area (Å²) in [6.45, 7) is 3.64. The van der Waals surface area contributed by atoms with E-state index in [2.05, 4.69) is 38.4 Å². The van der Waals surface area contributed by atoms with Crippen molar-refractivity contribution in [2.24, 2.45) is 5.73 Å². The van der Waals surface area contributed by atoms with Gasteiger partial charge in [0.2, 0.25) is 0 Å². The molecule has 0 spiro atoms. The lowest BCUT2D eigenvalue weighted by Gasteiger charge is -2.07. The van der Waals surface area contributed by atoms with Crippen molar-refractivity contribution < 1.29 is 0 Å². The van der Waals surface area contributed by atoms with Gasteiger partial charge in [0.1, 0.15) is 0 Å². The molecule has 0 aromatic heterocycles. The Hall–Kier alpha value is -0.120. The Morgan fingerprint density at radius 2 is 2.00 bits per heavy atom. The number of hydrogen-bond donors (Lipinski definition) is 1. The van der Waals surface area contributed by atoms with Crippen LogP contribution < -0.4 is 5.73 Å². The molecular formula is C9H9Br2N. The molecule has 1 atom stereocenters. The van der Waals surface area contributed by atoms with Crippen LogP contribution in [0.25, 0.3) is 0 Å². The van der Waals surface area contributed by atoms with E-state index in [9.17, 15) is 0 Å². The van der Waals surface area contributed by atoms with Crippen LogP contribution in [0.5, 0.6) is 0 Å². The van der Waals surface area contributed by atoms with E-state index >= 15 is 0 Å². The zero-order valence-electron chi connectivity index (χ0n) is 6.43. The molecule has 1 aromatic carbocycles. The summed E-state index contributed by atoms with van der Waals surface area (Å²) in [7, 11) is 0. The molecule has 0 aliphatic heterocycles. The van der Waals surface area contributed by atoms with E-state index in [1.807, 2.05) is 18.2 Å². The van der Waals surface area contributed by atoms with E-state index in [4.69, 9.17) is 5.73 Å². The van der Waals surface area contributed by atoms with Gasteiger partial charge in [0.25, 0.3) is 0 Å². The lowest BCUT2D eigenvalue weighted by atomic mass is 10.1. The van der Waals surface area contributed by atoms with Crippen molar-refractivity contribution in [3.05, 3.63) is 45.4 Å². The fourth-order valence-corrected chi connectivity index (χ4v) is 1.50. The van der Waals surface area contributed by atoms with Gasteiger partial charge < -0.3 is 5.73 Å². The van der Waals surface area contributed by atoms with Crippen molar-refractivity contribution in [2.45, 2.75) is 6.04 Å². The summed E-state index contributed by atoms with van der Waals surface area (Å²) in [5.74, 6) is 0. The minimum Gasteiger partial charge on any atom is -0.321 e. The first-order valence-corrected chi connectivity index (χ1v) is 5.07. The molecule has 0 unspecified atom stereocenters. The second-order valence-electron chi connectivity index (χ2n) is 2.44. The molecule has 2 N–H and O–H groups in total. The number of benzene rings is 1. The number of halogens is 2. The molecule has 0 aliphatic rings. The molecule has 0 radical (unpaired) electrons. The van der Waals surface area contributed by atoms with E-state index in [0.717, 1.165) is 14.5 Å². The van der Waals surface area contributed by atoms with Crippen molar-refractivity contribution in [3.8, 4) is 0 Å². The first-order chi connectivity index (χ1) is 5.65. The molecule has 0 heterocycles. The molecule has 0 saturated carbocycles. The van der Waals surface area contributed by atoms with Gasteiger partial charge in [0.05, 0.1) is 0 Å². The lowest BCUT2D eigenvalue weighted by Crippen LogP contribution is -2.05. The molecule has 1 nitrogen and oxygen atoms in total. The highest BCUT2D eigenvalue weighted by Gasteiger charge is 2.02. The van der Waals surface area contributed by atoms with Crippen molar-refractivity contribution in [3.63, 3.8) is 0 Å². The smallest absolute Gasteiger partial charge is 0.0478 e. The Bertz CT molecular complexity index is 297. The molecular weight excluding hydrogens is 282 g/mol. The SMILES string of the molecule is C=C[C@H](N)c1ccc(Br)c(Br)c1. The number of rotatable bonds is 2. The molecule has 1 aromatic rings. The summed E-state index contributed by atoms with van der Waals surface area (Å²) in [4.78, 5) is 0. The second-order valence-corrected chi connectivity index (χ2v) is 4.14. The van der Waals surface area contributed by atoms with Gasteiger partial charge >= 0.3 is 0 Å². The molecule has 0 amide bonds. The minimum atomic E-state index is -0.0885. The number of hydrogen-bond acceptors (Lipinski definition) is 1. The van der Waals surface area contributed by atoms with Crippen LogP contribution in [-0.4, -0.2) is 0 Å². The third kappa shape index (κ3) is 2.19. The number of nitrogens with two attached hydrogens (primary N) is 1. The minimum absolute atomic E-state index is 0.0885. The highest BCUT2D eigenvalue weighted by Crippen LogP contribution is 2.25. The van der Waals surface area contributed by atoms with Gasteiger partial charge in [-0.1, -0.05) is 12.1 Å². The van der Waals surface area contributed by atoms with Gasteiger partial charge in [0, 0.05) is 15.0 Å². The van der Waals surface area contributed by atoms with E-state index in [1.165, 1.54) is 0 Å². The second kappa shape index (κ2) is 4.21. The van der Waals surface area contributed by atoms with Gasteiger partial charge in [-0.2, -0.15) is 0 Å². The van der Waals surface area contributed by atoms with E-state index < -0.39 is 0 Å².